The van der Waals surface area contributed by atoms with Crippen molar-refractivity contribution in [2.75, 3.05) is 41.0 Å². The molecule has 1 amide bonds. The fourth-order valence-corrected chi connectivity index (χ4v) is 3.00. The summed E-state index contributed by atoms with van der Waals surface area (Å²) in [7, 11) is 4.67. The summed E-state index contributed by atoms with van der Waals surface area (Å²) in [6, 6.07) is 3.61. The van der Waals surface area contributed by atoms with Gasteiger partial charge in [0, 0.05) is 19.7 Å². The van der Waals surface area contributed by atoms with Crippen LogP contribution in [0.3, 0.4) is 0 Å². The number of likely N-dealkylation sites (tertiary alicyclic amines) is 1. The molecule has 0 spiro atoms. The molecule has 1 heterocycles. The summed E-state index contributed by atoms with van der Waals surface area (Å²) in [6.07, 6.45) is 2.01. The molecular weight excluding hydrogens is 298 g/mol. The highest BCUT2D eigenvalue weighted by Gasteiger charge is 2.26. The SMILES string of the molecule is COc1cc(CC(=O)N2CC[C@H](CCO)C2)cc(OC)c1OC. The van der Waals surface area contributed by atoms with Gasteiger partial charge in [0.25, 0.3) is 0 Å². The molecule has 2 rings (SSSR count). The summed E-state index contributed by atoms with van der Waals surface area (Å²) >= 11 is 0. The topological polar surface area (TPSA) is 68.2 Å². The molecule has 6 nitrogen and oxygen atoms in total. The minimum atomic E-state index is 0.0831. The Balaban J connectivity index is 2.09. The second-order valence-electron chi connectivity index (χ2n) is 5.72. The largest absolute Gasteiger partial charge is 0.493 e. The van der Waals surface area contributed by atoms with Crippen molar-refractivity contribution in [2.24, 2.45) is 5.92 Å². The minimum Gasteiger partial charge on any atom is -0.493 e. The average molecular weight is 323 g/mol. The lowest BCUT2D eigenvalue weighted by Gasteiger charge is -2.18. The first-order valence-electron chi connectivity index (χ1n) is 7.80. The van der Waals surface area contributed by atoms with Gasteiger partial charge in [-0.05, 0) is 36.5 Å². The van der Waals surface area contributed by atoms with Crippen molar-refractivity contribution in [3.63, 3.8) is 0 Å². The lowest BCUT2D eigenvalue weighted by molar-refractivity contribution is -0.129. The van der Waals surface area contributed by atoms with Crippen molar-refractivity contribution < 1.29 is 24.1 Å². The van der Waals surface area contributed by atoms with Gasteiger partial charge >= 0.3 is 0 Å². The summed E-state index contributed by atoms with van der Waals surface area (Å²) in [4.78, 5) is 14.3. The van der Waals surface area contributed by atoms with Crippen molar-refractivity contribution in [1.82, 2.24) is 4.90 Å². The van der Waals surface area contributed by atoms with Gasteiger partial charge in [-0.2, -0.15) is 0 Å². The third kappa shape index (κ3) is 4.07. The van der Waals surface area contributed by atoms with Crippen LogP contribution < -0.4 is 14.2 Å². The van der Waals surface area contributed by atoms with Crippen LogP contribution in [0.25, 0.3) is 0 Å². The van der Waals surface area contributed by atoms with E-state index in [1.165, 1.54) is 0 Å². The van der Waals surface area contributed by atoms with Gasteiger partial charge in [-0.3, -0.25) is 4.79 Å². The molecule has 1 aliphatic rings. The highest BCUT2D eigenvalue weighted by atomic mass is 16.5. The van der Waals surface area contributed by atoms with E-state index in [-0.39, 0.29) is 12.5 Å². The van der Waals surface area contributed by atoms with E-state index in [9.17, 15) is 4.79 Å². The number of aliphatic hydroxyl groups is 1. The Morgan fingerprint density at radius 3 is 2.39 bits per heavy atom. The van der Waals surface area contributed by atoms with E-state index in [2.05, 4.69) is 0 Å². The number of amides is 1. The maximum Gasteiger partial charge on any atom is 0.227 e. The zero-order valence-electron chi connectivity index (χ0n) is 14.0. The second-order valence-corrected chi connectivity index (χ2v) is 5.72. The maximum absolute atomic E-state index is 12.5. The Morgan fingerprint density at radius 2 is 1.87 bits per heavy atom. The van der Waals surface area contributed by atoms with E-state index in [4.69, 9.17) is 19.3 Å². The predicted octanol–water partition coefficient (Wildman–Crippen LogP) is 1.49. The number of rotatable bonds is 7. The van der Waals surface area contributed by atoms with Crippen LogP contribution in [0.2, 0.25) is 0 Å². The highest BCUT2D eigenvalue weighted by molar-refractivity contribution is 5.79. The Hall–Kier alpha value is -1.95. The second kappa shape index (κ2) is 8.06. The molecule has 1 aromatic rings. The summed E-state index contributed by atoms with van der Waals surface area (Å²) in [6.45, 7) is 1.66. The zero-order valence-corrected chi connectivity index (χ0v) is 14.0. The molecule has 128 valence electrons. The number of methoxy groups -OCH3 is 3. The van der Waals surface area contributed by atoms with E-state index < -0.39 is 0 Å². The van der Waals surface area contributed by atoms with Gasteiger partial charge in [0.15, 0.2) is 11.5 Å². The standard InChI is InChI=1S/C17H25NO5/c1-21-14-8-13(9-15(22-2)17(14)23-3)10-16(20)18-6-4-12(11-18)5-7-19/h8-9,12,19H,4-7,10-11H2,1-3H3/t12-/m1/s1. The van der Waals surface area contributed by atoms with E-state index in [0.29, 0.717) is 29.6 Å². The van der Waals surface area contributed by atoms with Gasteiger partial charge in [-0.15, -0.1) is 0 Å². The van der Waals surface area contributed by atoms with Crippen molar-refractivity contribution in [1.29, 1.82) is 0 Å². The smallest absolute Gasteiger partial charge is 0.227 e. The van der Waals surface area contributed by atoms with Crippen molar-refractivity contribution in [3.8, 4) is 17.2 Å². The molecule has 1 atom stereocenters. The summed E-state index contributed by atoms with van der Waals surface area (Å²) in [5, 5.41) is 9.01. The first-order valence-corrected chi connectivity index (χ1v) is 7.80. The van der Waals surface area contributed by atoms with Crippen LogP contribution in [0.5, 0.6) is 17.2 Å². The number of hydrogen-bond donors (Lipinski definition) is 1. The molecule has 0 radical (unpaired) electrons. The van der Waals surface area contributed by atoms with E-state index in [0.717, 1.165) is 31.5 Å². The molecule has 6 heteroatoms. The lowest BCUT2D eigenvalue weighted by atomic mass is 10.1. The van der Waals surface area contributed by atoms with Crippen LogP contribution in [0, 0.1) is 5.92 Å². The summed E-state index contributed by atoms with van der Waals surface area (Å²) in [5.41, 5.74) is 0.829. The molecule has 0 aliphatic carbocycles. The van der Waals surface area contributed by atoms with Crippen molar-refractivity contribution >= 4 is 5.91 Å². The van der Waals surface area contributed by atoms with Crippen LogP contribution >= 0.6 is 0 Å². The van der Waals surface area contributed by atoms with Crippen LogP contribution in [0.15, 0.2) is 12.1 Å². The molecule has 0 saturated carbocycles. The summed E-state index contributed by atoms with van der Waals surface area (Å²) in [5.74, 6) is 2.11. The number of carbonyl (C=O) groups is 1. The molecule has 1 saturated heterocycles. The lowest BCUT2D eigenvalue weighted by Crippen LogP contribution is -2.30. The molecule has 0 unspecified atom stereocenters. The van der Waals surface area contributed by atoms with E-state index in [1.54, 1.807) is 33.5 Å². The third-order valence-corrected chi connectivity index (χ3v) is 4.26. The van der Waals surface area contributed by atoms with Crippen LogP contribution in [0.1, 0.15) is 18.4 Å². The number of hydrogen-bond acceptors (Lipinski definition) is 5. The summed E-state index contributed by atoms with van der Waals surface area (Å²) < 4.78 is 15.9. The average Bonchev–Trinajstić information content (AvgIpc) is 3.03. The Kier molecular flexibility index (Phi) is 6.10. The maximum atomic E-state index is 12.5. The Labute approximate surface area is 136 Å². The Bertz CT molecular complexity index is 521. The molecule has 1 N–H and O–H groups in total. The third-order valence-electron chi connectivity index (χ3n) is 4.26. The number of aliphatic hydroxyl groups excluding tert-OH is 1. The van der Waals surface area contributed by atoms with Gasteiger partial charge in [-0.1, -0.05) is 0 Å². The van der Waals surface area contributed by atoms with Crippen LogP contribution in [-0.2, 0) is 11.2 Å². The molecule has 1 aliphatic heterocycles. The fourth-order valence-electron chi connectivity index (χ4n) is 3.00. The van der Waals surface area contributed by atoms with Gasteiger partial charge in [0.2, 0.25) is 11.7 Å². The van der Waals surface area contributed by atoms with Crippen LogP contribution in [0.4, 0.5) is 0 Å². The molecule has 0 aromatic heterocycles. The van der Waals surface area contributed by atoms with Crippen molar-refractivity contribution in [3.05, 3.63) is 17.7 Å². The predicted molar refractivity (Wildman–Crippen MR) is 86.2 cm³/mol. The van der Waals surface area contributed by atoms with E-state index in [1.807, 2.05) is 4.90 Å². The number of benzene rings is 1. The molecule has 1 aromatic carbocycles. The number of nitrogens with zero attached hydrogens (tertiary/aromatic N) is 1. The quantitative estimate of drug-likeness (QED) is 0.823. The van der Waals surface area contributed by atoms with Gasteiger partial charge < -0.3 is 24.2 Å². The van der Waals surface area contributed by atoms with E-state index >= 15 is 0 Å². The first kappa shape index (κ1) is 17.4. The van der Waals surface area contributed by atoms with Gasteiger partial charge in [0.1, 0.15) is 0 Å². The van der Waals surface area contributed by atoms with Gasteiger partial charge in [0.05, 0.1) is 27.8 Å². The fraction of sp³-hybridized carbons (Fsp3) is 0.588. The molecule has 1 fully saturated rings. The Morgan fingerprint density at radius 1 is 1.22 bits per heavy atom. The highest BCUT2D eigenvalue weighted by Crippen LogP contribution is 2.38. The molecule has 23 heavy (non-hydrogen) atoms. The molecule has 0 bridgehead atoms. The zero-order chi connectivity index (χ0) is 16.8. The van der Waals surface area contributed by atoms with Gasteiger partial charge in [-0.25, -0.2) is 0 Å². The minimum absolute atomic E-state index is 0.0831. The molecular formula is C17H25NO5. The van der Waals surface area contributed by atoms with Crippen molar-refractivity contribution in [2.45, 2.75) is 19.3 Å². The van der Waals surface area contributed by atoms with Crippen LogP contribution in [-0.4, -0.2) is 56.9 Å². The normalized spacial score (nSPS) is 17.2. The monoisotopic (exact) mass is 323 g/mol. The number of ether oxygens (including phenoxy) is 3. The number of carbonyl (C=O) groups excluding carboxylic acids is 1. The first-order chi connectivity index (χ1) is 11.1.